The monoisotopic (exact) mass is 221 g/mol. The van der Waals surface area contributed by atoms with E-state index in [1.165, 1.54) is 19.4 Å². The Balaban J connectivity index is 1.87. The van der Waals surface area contributed by atoms with Crippen LogP contribution in [-0.4, -0.2) is 40.5 Å². The largest absolute Gasteiger partial charge is 0.368 e. The molecule has 1 fully saturated rings. The molecule has 0 aliphatic carbocycles. The summed E-state index contributed by atoms with van der Waals surface area (Å²) in [5, 5.41) is 3.32. The van der Waals surface area contributed by atoms with E-state index in [0.717, 1.165) is 18.9 Å². The molecule has 0 spiro atoms. The summed E-state index contributed by atoms with van der Waals surface area (Å²) in [4.78, 5) is 10.5. The van der Waals surface area contributed by atoms with E-state index in [0.29, 0.717) is 12.0 Å². The van der Waals surface area contributed by atoms with Gasteiger partial charge < -0.3 is 11.1 Å². The van der Waals surface area contributed by atoms with Gasteiger partial charge in [-0.05, 0) is 32.0 Å². The van der Waals surface area contributed by atoms with Crippen LogP contribution in [0.3, 0.4) is 0 Å². The van der Waals surface area contributed by atoms with E-state index in [1.54, 1.807) is 6.20 Å². The Hall–Kier alpha value is -1.36. The van der Waals surface area contributed by atoms with Crippen molar-refractivity contribution in [3.63, 3.8) is 0 Å². The van der Waals surface area contributed by atoms with Crippen molar-refractivity contribution < 1.29 is 0 Å². The second-order valence-corrected chi connectivity index (χ2v) is 4.11. The molecule has 5 heteroatoms. The predicted octanol–water partition coefficient (Wildman–Crippen LogP) is 0.955. The van der Waals surface area contributed by atoms with Crippen molar-refractivity contribution in [3.05, 3.63) is 12.3 Å². The second-order valence-electron chi connectivity index (χ2n) is 4.11. The average molecular weight is 221 g/mol. The maximum Gasteiger partial charge on any atom is 0.221 e. The molecule has 88 valence electrons. The zero-order chi connectivity index (χ0) is 11.4. The lowest BCUT2D eigenvalue weighted by Crippen LogP contribution is -2.34. The Kier molecular flexibility index (Phi) is 3.56. The molecule has 16 heavy (non-hydrogen) atoms. The molecule has 0 saturated carbocycles. The minimum atomic E-state index is 0.323. The molecule has 0 aromatic carbocycles. The summed E-state index contributed by atoms with van der Waals surface area (Å²) < 4.78 is 0. The van der Waals surface area contributed by atoms with Gasteiger partial charge >= 0.3 is 0 Å². The molecule has 1 saturated heterocycles. The second kappa shape index (κ2) is 5.12. The summed E-state index contributed by atoms with van der Waals surface area (Å²) in [5.41, 5.74) is 5.52. The van der Waals surface area contributed by atoms with E-state index in [1.807, 2.05) is 6.07 Å². The van der Waals surface area contributed by atoms with E-state index in [4.69, 9.17) is 5.73 Å². The number of hydrogen-bond acceptors (Lipinski definition) is 5. The number of nitrogens with one attached hydrogen (secondary N) is 1. The summed E-state index contributed by atoms with van der Waals surface area (Å²) in [6.07, 6.45) is 4.24. The van der Waals surface area contributed by atoms with Crippen molar-refractivity contribution in [2.75, 3.05) is 30.7 Å². The number of aromatic nitrogens is 2. The van der Waals surface area contributed by atoms with E-state index in [9.17, 15) is 0 Å². The first-order valence-electron chi connectivity index (χ1n) is 5.86. The highest BCUT2D eigenvalue weighted by Crippen LogP contribution is 2.16. The van der Waals surface area contributed by atoms with Crippen molar-refractivity contribution in [2.24, 2.45) is 0 Å². The van der Waals surface area contributed by atoms with Crippen molar-refractivity contribution >= 4 is 11.8 Å². The first kappa shape index (κ1) is 11.1. The van der Waals surface area contributed by atoms with Gasteiger partial charge in [0.2, 0.25) is 5.95 Å². The molecule has 1 aliphatic heterocycles. The van der Waals surface area contributed by atoms with Crippen LogP contribution in [0, 0.1) is 0 Å². The molecule has 1 unspecified atom stereocenters. The summed E-state index contributed by atoms with van der Waals surface area (Å²) in [7, 11) is 0. The third-order valence-electron chi connectivity index (χ3n) is 3.10. The minimum absolute atomic E-state index is 0.323. The first-order valence-corrected chi connectivity index (χ1v) is 5.86. The molecule has 1 aromatic heterocycles. The van der Waals surface area contributed by atoms with Gasteiger partial charge in [-0.1, -0.05) is 6.92 Å². The highest BCUT2D eigenvalue weighted by molar-refractivity contribution is 5.37. The van der Waals surface area contributed by atoms with Crippen molar-refractivity contribution in [3.8, 4) is 0 Å². The molecule has 5 nitrogen and oxygen atoms in total. The molecule has 3 N–H and O–H groups in total. The molecular weight excluding hydrogens is 202 g/mol. The SMILES string of the molecule is CCN1CCCC1CNc1ccnc(N)n1. The quantitative estimate of drug-likeness (QED) is 0.792. The maximum absolute atomic E-state index is 5.52. The third-order valence-corrected chi connectivity index (χ3v) is 3.10. The first-order chi connectivity index (χ1) is 7.79. The summed E-state index contributed by atoms with van der Waals surface area (Å²) in [5.74, 6) is 1.14. The third kappa shape index (κ3) is 2.61. The number of anilines is 2. The van der Waals surface area contributed by atoms with Gasteiger partial charge in [0.25, 0.3) is 0 Å². The van der Waals surface area contributed by atoms with Gasteiger partial charge in [0.1, 0.15) is 5.82 Å². The van der Waals surface area contributed by atoms with Crippen LogP contribution in [0.1, 0.15) is 19.8 Å². The Morgan fingerprint density at radius 2 is 2.50 bits per heavy atom. The Labute approximate surface area is 96.1 Å². The lowest BCUT2D eigenvalue weighted by atomic mass is 10.2. The van der Waals surface area contributed by atoms with Crippen LogP contribution in [-0.2, 0) is 0 Å². The van der Waals surface area contributed by atoms with Crippen molar-refractivity contribution in [1.82, 2.24) is 14.9 Å². The van der Waals surface area contributed by atoms with E-state index >= 15 is 0 Å². The lowest BCUT2D eigenvalue weighted by molar-refractivity contribution is 0.277. The Morgan fingerprint density at radius 1 is 1.62 bits per heavy atom. The lowest BCUT2D eigenvalue weighted by Gasteiger charge is -2.23. The molecule has 0 radical (unpaired) electrons. The number of nitrogens with zero attached hydrogens (tertiary/aromatic N) is 3. The van der Waals surface area contributed by atoms with E-state index in [-0.39, 0.29) is 0 Å². The predicted molar refractivity (Wildman–Crippen MR) is 65.2 cm³/mol. The van der Waals surface area contributed by atoms with Gasteiger partial charge in [-0.15, -0.1) is 0 Å². The standard InChI is InChI=1S/C11H19N5/c1-2-16-7-3-4-9(16)8-14-10-5-6-13-11(12)15-10/h5-6,9H,2-4,7-8H2,1H3,(H3,12,13,14,15). The maximum atomic E-state index is 5.52. The fourth-order valence-electron chi connectivity index (χ4n) is 2.24. The van der Waals surface area contributed by atoms with Gasteiger partial charge in [0, 0.05) is 18.8 Å². The van der Waals surface area contributed by atoms with Crippen LogP contribution < -0.4 is 11.1 Å². The Bertz CT molecular complexity index is 341. The number of likely N-dealkylation sites (tertiary alicyclic amines) is 1. The van der Waals surface area contributed by atoms with Gasteiger partial charge in [-0.2, -0.15) is 4.98 Å². The molecule has 2 heterocycles. The van der Waals surface area contributed by atoms with E-state index < -0.39 is 0 Å². The van der Waals surface area contributed by atoms with Crippen LogP contribution >= 0.6 is 0 Å². The van der Waals surface area contributed by atoms with Gasteiger partial charge in [-0.3, -0.25) is 4.90 Å². The van der Waals surface area contributed by atoms with Gasteiger partial charge in [0.15, 0.2) is 0 Å². The number of rotatable bonds is 4. The number of hydrogen-bond donors (Lipinski definition) is 2. The molecule has 1 atom stereocenters. The van der Waals surface area contributed by atoms with Crippen molar-refractivity contribution in [1.29, 1.82) is 0 Å². The number of likely N-dealkylation sites (N-methyl/N-ethyl adjacent to an activating group) is 1. The van der Waals surface area contributed by atoms with Gasteiger partial charge in [0.05, 0.1) is 0 Å². The fourth-order valence-corrected chi connectivity index (χ4v) is 2.24. The molecule has 1 aromatic rings. The van der Waals surface area contributed by atoms with Crippen LogP contribution in [0.15, 0.2) is 12.3 Å². The van der Waals surface area contributed by atoms with Crippen LogP contribution in [0.5, 0.6) is 0 Å². The van der Waals surface area contributed by atoms with Gasteiger partial charge in [-0.25, -0.2) is 4.98 Å². The normalized spacial score (nSPS) is 21.2. The van der Waals surface area contributed by atoms with Crippen LogP contribution in [0.2, 0.25) is 0 Å². The fraction of sp³-hybridized carbons (Fsp3) is 0.636. The molecular formula is C11H19N5. The topological polar surface area (TPSA) is 67.1 Å². The summed E-state index contributed by atoms with van der Waals surface area (Å²) in [6.45, 7) is 5.48. The summed E-state index contributed by atoms with van der Waals surface area (Å²) >= 11 is 0. The average Bonchev–Trinajstić information content (AvgIpc) is 2.74. The Morgan fingerprint density at radius 3 is 3.25 bits per heavy atom. The van der Waals surface area contributed by atoms with Crippen molar-refractivity contribution in [2.45, 2.75) is 25.8 Å². The highest BCUT2D eigenvalue weighted by atomic mass is 15.2. The molecule has 2 rings (SSSR count). The zero-order valence-corrected chi connectivity index (χ0v) is 9.69. The smallest absolute Gasteiger partial charge is 0.221 e. The van der Waals surface area contributed by atoms with Crippen LogP contribution in [0.4, 0.5) is 11.8 Å². The molecule has 0 bridgehead atoms. The zero-order valence-electron chi connectivity index (χ0n) is 9.69. The molecule has 1 aliphatic rings. The number of nitrogens with two attached hydrogens (primary N) is 1. The van der Waals surface area contributed by atoms with Crippen LogP contribution in [0.25, 0.3) is 0 Å². The van der Waals surface area contributed by atoms with E-state index in [2.05, 4.69) is 27.1 Å². The summed E-state index contributed by atoms with van der Waals surface area (Å²) in [6, 6.07) is 2.47. The molecule has 0 amide bonds. The highest BCUT2D eigenvalue weighted by Gasteiger charge is 2.22. The number of nitrogen functional groups attached to an aromatic ring is 1. The minimum Gasteiger partial charge on any atom is -0.368 e.